The lowest BCUT2D eigenvalue weighted by atomic mass is 10.2. The Hall–Kier alpha value is -1.88. The number of hydrogen-bond acceptors (Lipinski definition) is 4. The van der Waals surface area contributed by atoms with Crippen molar-refractivity contribution in [3.05, 3.63) is 29.8 Å². The molecular weight excluding hydrogens is 244 g/mol. The molecule has 0 fully saturated rings. The molecule has 0 aromatic heterocycles. The number of carbonyl (C=O) groups excluding carboxylic acids is 2. The summed E-state index contributed by atoms with van der Waals surface area (Å²) >= 11 is 0. The van der Waals surface area contributed by atoms with Gasteiger partial charge in [-0.2, -0.15) is 0 Å². The molecule has 0 bridgehead atoms. The zero-order chi connectivity index (χ0) is 14.1. The van der Waals surface area contributed by atoms with E-state index in [2.05, 4.69) is 10.6 Å². The molecule has 0 saturated carbocycles. The molecule has 0 spiro atoms. The second-order valence-corrected chi connectivity index (χ2v) is 4.23. The summed E-state index contributed by atoms with van der Waals surface area (Å²) in [5, 5.41) is 5.81. The third kappa shape index (κ3) is 6.57. The molecule has 19 heavy (non-hydrogen) atoms. The van der Waals surface area contributed by atoms with Crippen LogP contribution in [0.4, 0.5) is 5.69 Å². The predicted molar refractivity (Wildman–Crippen MR) is 73.7 cm³/mol. The first kappa shape index (κ1) is 15.2. The van der Waals surface area contributed by atoms with Crippen LogP contribution in [0.1, 0.15) is 25.3 Å². The van der Waals surface area contributed by atoms with Gasteiger partial charge in [0, 0.05) is 19.0 Å². The van der Waals surface area contributed by atoms with E-state index in [9.17, 15) is 9.59 Å². The van der Waals surface area contributed by atoms with Crippen molar-refractivity contribution >= 4 is 17.6 Å². The van der Waals surface area contributed by atoms with Crippen molar-refractivity contribution in [2.45, 2.75) is 26.4 Å². The van der Waals surface area contributed by atoms with Crippen LogP contribution in [0.25, 0.3) is 0 Å². The fraction of sp³-hybridized carbons (Fsp3) is 0.429. The highest BCUT2D eigenvalue weighted by Gasteiger charge is 2.02. The topological polar surface area (TPSA) is 67.4 Å². The number of esters is 1. The first-order chi connectivity index (χ1) is 9.11. The maximum absolute atomic E-state index is 11.6. The fourth-order valence-electron chi connectivity index (χ4n) is 1.52. The summed E-state index contributed by atoms with van der Waals surface area (Å²) in [5.41, 5.74) is 1.64. The summed E-state index contributed by atoms with van der Waals surface area (Å²) in [5.74, 6) is -0.301. The molecule has 0 unspecified atom stereocenters. The fourth-order valence-corrected chi connectivity index (χ4v) is 1.52. The summed E-state index contributed by atoms with van der Waals surface area (Å²) in [7, 11) is 1.86. The van der Waals surface area contributed by atoms with Gasteiger partial charge in [0.2, 0.25) is 5.91 Å². The van der Waals surface area contributed by atoms with Gasteiger partial charge < -0.3 is 15.4 Å². The highest BCUT2D eigenvalue weighted by atomic mass is 16.5. The van der Waals surface area contributed by atoms with Gasteiger partial charge in [-0.25, -0.2) is 0 Å². The smallest absolute Gasteiger partial charge is 0.302 e. The molecule has 5 heteroatoms. The molecule has 0 heterocycles. The average molecular weight is 264 g/mol. The molecule has 5 nitrogen and oxygen atoms in total. The van der Waals surface area contributed by atoms with Gasteiger partial charge >= 0.3 is 5.97 Å². The lowest BCUT2D eigenvalue weighted by Gasteiger charge is -2.07. The number of amides is 1. The summed E-state index contributed by atoms with van der Waals surface area (Å²) in [6.07, 6.45) is 1.31. The molecule has 2 N–H and O–H groups in total. The Balaban J connectivity index is 2.39. The van der Waals surface area contributed by atoms with E-state index in [0.29, 0.717) is 6.42 Å². The Morgan fingerprint density at radius 1 is 1.21 bits per heavy atom. The van der Waals surface area contributed by atoms with Crippen molar-refractivity contribution in [1.29, 1.82) is 0 Å². The number of nitrogens with one attached hydrogen (secondary N) is 2. The highest BCUT2D eigenvalue weighted by Crippen LogP contribution is 2.11. The molecule has 104 valence electrons. The lowest BCUT2D eigenvalue weighted by molar-refractivity contribution is -0.142. The predicted octanol–water partition coefficient (Wildman–Crippen LogP) is 1.69. The van der Waals surface area contributed by atoms with E-state index in [-0.39, 0.29) is 18.5 Å². The van der Waals surface area contributed by atoms with Crippen LogP contribution >= 0.6 is 0 Å². The van der Waals surface area contributed by atoms with Crippen LogP contribution < -0.4 is 10.6 Å². The van der Waals surface area contributed by atoms with Crippen LogP contribution in [-0.2, 0) is 20.9 Å². The van der Waals surface area contributed by atoms with Crippen LogP contribution in [0.5, 0.6) is 0 Å². The number of rotatable bonds is 7. The van der Waals surface area contributed by atoms with Gasteiger partial charge in [0.05, 0.1) is 0 Å². The van der Waals surface area contributed by atoms with Crippen LogP contribution in [0.2, 0.25) is 0 Å². The summed E-state index contributed by atoms with van der Waals surface area (Å²) in [6, 6.07) is 7.25. The van der Waals surface area contributed by atoms with Crippen molar-refractivity contribution in [3.63, 3.8) is 0 Å². The molecule has 1 aromatic carbocycles. The Labute approximate surface area is 113 Å². The molecule has 0 radical (unpaired) electrons. The van der Waals surface area contributed by atoms with Crippen molar-refractivity contribution in [3.8, 4) is 0 Å². The van der Waals surface area contributed by atoms with Crippen molar-refractivity contribution in [2.24, 2.45) is 0 Å². The molecule has 1 rings (SSSR count). The average Bonchev–Trinajstić information content (AvgIpc) is 2.38. The second kappa shape index (κ2) is 8.26. The van der Waals surface area contributed by atoms with Gasteiger partial charge in [0.15, 0.2) is 0 Å². The Morgan fingerprint density at radius 3 is 2.47 bits per heavy atom. The van der Waals surface area contributed by atoms with Gasteiger partial charge in [-0.05, 0) is 37.7 Å². The molecule has 0 saturated heterocycles. The van der Waals surface area contributed by atoms with E-state index in [0.717, 1.165) is 24.2 Å². The number of hydrogen-bond donors (Lipinski definition) is 2. The standard InChI is InChI=1S/C14H20N2O3/c1-11(17)19-10-12-5-7-13(8-6-12)16-14(18)4-3-9-15-2/h5-8,15H,3-4,9-10H2,1-2H3,(H,16,18). The zero-order valence-corrected chi connectivity index (χ0v) is 11.4. The monoisotopic (exact) mass is 264 g/mol. The normalized spacial score (nSPS) is 10.0. The first-order valence-corrected chi connectivity index (χ1v) is 6.28. The summed E-state index contributed by atoms with van der Waals surface area (Å²) < 4.78 is 4.88. The third-order valence-electron chi connectivity index (χ3n) is 2.51. The molecule has 0 aliphatic rings. The van der Waals surface area contributed by atoms with Gasteiger partial charge in [0.1, 0.15) is 6.61 Å². The van der Waals surface area contributed by atoms with Crippen LogP contribution in [0, 0.1) is 0 Å². The lowest BCUT2D eigenvalue weighted by Crippen LogP contribution is -2.15. The Morgan fingerprint density at radius 2 is 1.89 bits per heavy atom. The van der Waals surface area contributed by atoms with E-state index < -0.39 is 0 Å². The minimum Gasteiger partial charge on any atom is -0.461 e. The van der Waals surface area contributed by atoms with Crippen LogP contribution in [0.15, 0.2) is 24.3 Å². The van der Waals surface area contributed by atoms with Crippen LogP contribution in [-0.4, -0.2) is 25.5 Å². The van der Waals surface area contributed by atoms with E-state index >= 15 is 0 Å². The van der Waals surface area contributed by atoms with E-state index in [1.807, 2.05) is 19.2 Å². The quantitative estimate of drug-likeness (QED) is 0.581. The maximum atomic E-state index is 11.6. The number of benzene rings is 1. The number of carbonyl (C=O) groups is 2. The van der Waals surface area contributed by atoms with Crippen molar-refractivity contribution < 1.29 is 14.3 Å². The van der Waals surface area contributed by atoms with Gasteiger partial charge in [-0.3, -0.25) is 9.59 Å². The first-order valence-electron chi connectivity index (χ1n) is 6.28. The van der Waals surface area contributed by atoms with E-state index in [1.165, 1.54) is 6.92 Å². The minimum absolute atomic E-state index is 0.00276. The summed E-state index contributed by atoms with van der Waals surface area (Å²) in [6.45, 7) is 2.46. The maximum Gasteiger partial charge on any atom is 0.302 e. The molecule has 1 aromatic rings. The molecule has 0 aliphatic heterocycles. The Bertz CT molecular complexity index is 415. The summed E-state index contributed by atoms with van der Waals surface area (Å²) in [4.78, 5) is 22.2. The minimum atomic E-state index is -0.304. The SMILES string of the molecule is CNCCCC(=O)Nc1ccc(COC(C)=O)cc1. The molecule has 1 amide bonds. The van der Waals surface area contributed by atoms with Crippen LogP contribution in [0.3, 0.4) is 0 Å². The van der Waals surface area contributed by atoms with Gasteiger partial charge in [0.25, 0.3) is 0 Å². The highest BCUT2D eigenvalue weighted by molar-refractivity contribution is 5.90. The molecular formula is C14H20N2O3. The third-order valence-corrected chi connectivity index (χ3v) is 2.51. The zero-order valence-electron chi connectivity index (χ0n) is 11.4. The number of anilines is 1. The van der Waals surface area contributed by atoms with Crippen molar-refractivity contribution in [1.82, 2.24) is 5.32 Å². The Kier molecular flexibility index (Phi) is 6.60. The van der Waals surface area contributed by atoms with Gasteiger partial charge in [-0.1, -0.05) is 12.1 Å². The van der Waals surface area contributed by atoms with E-state index in [1.54, 1.807) is 12.1 Å². The number of ether oxygens (including phenoxy) is 1. The van der Waals surface area contributed by atoms with E-state index in [4.69, 9.17) is 4.74 Å². The van der Waals surface area contributed by atoms with Gasteiger partial charge in [-0.15, -0.1) is 0 Å². The van der Waals surface area contributed by atoms with Crippen molar-refractivity contribution in [2.75, 3.05) is 18.9 Å². The largest absolute Gasteiger partial charge is 0.461 e. The molecule has 0 atom stereocenters. The molecule has 0 aliphatic carbocycles. The second-order valence-electron chi connectivity index (χ2n) is 4.23.